The molecule has 0 saturated heterocycles. The number of carbonyl (C=O) groups is 5. The summed E-state index contributed by atoms with van der Waals surface area (Å²) >= 11 is 0. The molecule has 0 aliphatic rings. The molecule has 11 nitrogen and oxygen atoms in total. The third-order valence-corrected chi connectivity index (χ3v) is 6.34. The number of alkyl halides is 3. The maximum Gasteiger partial charge on any atom is 0.490 e. The second-order valence-corrected chi connectivity index (χ2v) is 9.92. The standard InChI is InChI=1S/C30H34N4O5.C2HF3O2/c1-21(22-9-4-2-5-10-22)33-30(39)31-18-8-13-27(35)32-20-28(36)34-26(19-29(37)38)25-16-14-24(15-17-25)23-11-6-3-7-12-23;3-2(4,5)1(6)7/h2-7,9-12,14-17,21,26H,8,13,18-20H2,1H3,(H,32,35)(H,34,36)(H,37,38)(H2,31,33,39);(H,6,7)/t21-,26?;/m0./s1. The molecule has 14 heteroatoms. The fourth-order valence-corrected chi connectivity index (χ4v) is 4.00. The number of carboxylic acid groups (broad SMARTS) is 2. The maximum absolute atomic E-state index is 12.5. The lowest BCUT2D eigenvalue weighted by atomic mass is 9.99. The van der Waals surface area contributed by atoms with Crippen LogP contribution in [-0.4, -0.2) is 59.3 Å². The number of hydrogen-bond acceptors (Lipinski definition) is 5. The van der Waals surface area contributed by atoms with E-state index in [1.165, 1.54) is 0 Å². The van der Waals surface area contributed by atoms with E-state index in [0.717, 1.165) is 16.7 Å². The number of urea groups is 1. The Bertz CT molecular complexity index is 1440. The van der Waals surface area contributed by atoms with E-state index in [2.05, 4.69) is 21.3 Å². The van der Waals surface area contributed by atoms with Crippen LogP contribution in [0.25, 0.3) is 11.1 Å². The van der Waals surface area contributed by atoms with Gasteiger partial charge in [0.1, 0.15) is 0 Å². The van der Waals surface area contributed by atoms with Gasteiger partial charge in [0.2, 0.25) is 11.8 Å². The topological polar surface area (TPSA) is 174 Å². The number of benzene rings is 3. The number of carboxylic acids is 2. The fraction of sp³-hybridized carbons (Fsp3) is 0.281. The van der Waals surface area contributed by atoms with Gasteiger partial charge in [-0.3, -0.25) is 14.4 Å². The molecule has 6 N–H and O–H groups in total. The number of aliphatic carboxylic acids is 2. The van der Waals surface area contributed by atoms with Crippen molar-refractivity contribution in [2.24, 2.45) is 0 Å². The van der Waals surface area contributed by atoms with Crippen molar-refractivity contribution in [2.45, 2.75) is 44.4 Å². The fourth-order valence-electron chi connectivity index (χ4n) is 4.00. The smallest absolute Gasteiger partial charge is 0.481 e. The third-order valence-electron chi connectivity index (χ3n) is 6.34. The van der Waals surface area contributed by atoms with Gasteiger partial charge < -0.3 is 31.5 Å². The Morgan fingerprint density at radius 1 is 0.717 bits per heavy atom. The summed E-state index contributed by atoms with van der Waals surface area (Å²) in [5, 5.41) is 27.2. The summed E-state index contributed by atoms with van der Waals surface area (Å²) < 4.78 is 31.7. The molecular weight excluding hydrogens is 609 g/mol. The van der Waals surface area contributed by atoms with Crippen molar-refractivity contribution in [2.75, 3.05) is 13.1 Å². The number of nitrogens with one attached hydrogen (secondary N) is 4. The van der Waals surface area contributed by atoms with Crippen molar-refractivity contribution in [1.29, 1.82) is 0 Å². The van der Waals surface area contributed by atoms with Gasteiger partial charge in [0.15, 0.2) is 0 Å². The summed E-state index contributed by atoms with van der Waals surface area (Å²) in [6.45, 7) is 1.90. The summed E-state index contributed by atoms with van der Waals surface area (Å²) in [6, 6.07) is 25.4. The molecule has 0 saturated carbocycles. The number of halogens is 3. The Morgan fingerprint density at radius 2 is 1.26 bits per heavy atom. The van der Waals surface area contributed by atoms with Crippen LogP contribution in [0.15, 0.2) is 84.9 Å². The molecule has 0 heterocycles. The first kappa shape index (κ1) is 36.8. The molecule has 0 bridgehead atoms. The summed E-state index contributed by atoms with van der Waals surface area (Å²) in [5.41, 5.74) is 3.65. The average Bonchev–Trinajstić information content (AvgIpc) is 3.02. The van der Waals surface area contributed by atoms with Gasteiger partial charge in [-0.15, -0.1) is 0 Å². The van der Waals surface area contributed by atoms with Crippen molar-refractivity contribution in [1.82, 2.24) is 21.3 Å². The number of carbonyl (C=O) groups excluding carboxylic acids is 3. The van der Waals surface area contributed by atoms with E-state index in [0.29, 0.717) is 18.5 Å². The molecular formula is C32H35F3N4O7. The van der Waals surface area contributed by atoms with E-state index >= 15 is 0 Å². The van der Waals surface area contributed by atoms with Crippen molar-refractivity contribution in [3.8, 4) is 11.1 Å². The number of amides is 4. The molecule has 3 aromatic rings. The first-order valence-electron chi connectivity index (χ1n) is 14.1. The summed E-state index contributed by atoms with van der Waals surface area (Å²) in [4.78, 5) is 56.9. The van der Waals surface area contributed by atoms with Crippen molar-refractivity contribution in [3.63, 3.8) is 0 Å². The molecule has 1 unspecified atom stereocenters. The van der Waals surface area contributed by atoms with E-state index in [9.17, 15) is 37.5 Å². The predicted octanol–water partition coefficient (Wildman–Crippen LogP) is 4.58. The first-order chi connectivity index (χ1) is 21.8. The van der Waals surface area contributed by atoms with E-state index in [1.807, 2.05) is 79.7 Å². The Kier molecular flexibility index (Phi) is 14.7. The second-order valence-electron chi connectivity index (χ2n) is 9.92. The minimum Gasteiger partial charge on any atom is -0.481 e. The largest absolute Gasteiger partial charge is 0.490 e. The Balaban J connectivity index is 0.000000942. The highest BCUT2D eigenvalue weighted by Crippen LogP contribution is 2.23. The molecule has 0 fully saturated rings. The van der Waals surface area contributed by atoms with Crippen LogP contribution < -0.4 is 21.3 Å². The highest BCUT2D eigenvalue weighted by Gasteiger charge is 2.38. The predicted molar refractivity (Wildman–Crippen MR) is 162 cm³/mol. The Hall–Kier alpha value is -5.40. The first-order valence-corrected chi connectivity index (χ1v) is 14.1. The summed E-state index contributed by atoms with van der Waals surface area (Å²) in [5.74, 6) is -4.64. The van der Waals surface area contributed by atoms with Crippen LogP contribution in [0, 0.1) is 0 Å². The number of hydrogen-bond donors (Lipinski definition) is 6. The molecule has 0 radical (unpaired) electrons. The molecule has 0 aliphatic heterocycles. The van der Waals surface area contributed by atoms with Gasteiger partial charge in [0.05, 0.1) is 25.0 Å². The third kappa shape index (κ3) is 13.9. The van der Waals surface area contributed by atoms with E-state index < -0.39 is 30.1 Å². The van der Waals surface area contributed by atoms with Crippen LogP contribution in [-0.2, 0) is 19.2 Å². The van der Waals surface area contributed by atoms with Gasteiger partial charge in [0.25, 0.3) is 0 Å². The SMILES string of the molecule is C[C@H](NC(=O)NCCCC(=O)NCC(=O)NC(CC(=O)O)c1ccc(-c2ccccc2)cc1)c1ccccc1.O=C(O)C(F)(F)F. The van der Waals surface area contributed by atoms with E-state index in [4.69, 9.17) is 9.90 Å². The molecule has 46 heavy (non-hydrogen) atoms. The molecule has 0 aromatic heterocycles. The van der Waals surface area contributed by atoms with Gasteiger partial charge in [-0.05, 0) is 35.6 Å². The highest BCUT2D eigenvalue weighted by atomic mass is 19.4. The van der Waals surface area contributed by atoms with Gasteiger partial charge in [-0.25, -0.2) is 9.59 Å². The molecule has 4 amide bonds. The zero-order valence-corrected chi connectivity index (χ0v) is 24.8. The Morgan fingerprint density at radius 3 is 1.80 bits per heavy atom. The van der Waals surface area contributed by atoms with E-state index in [1.54, 1.807) is 12.1 Å². The minimum absolute atomic E-state index is 0.126. The van der Waals surface area contributed by atoms with Crippen LogP contribution in [0.5, 0.6) is 0 Å². The van der Waals surface area contributed by atoms with Crippen molar-refractivity contribution < 1.29 is 47.4 Å². The van der Waals surface area contributed by atoms with Gasteiger partial charge >= 0.3 is 24.1 Å². The molecule has 3 aromatic carbocycles. The van der Waals surface area contributed by atoms with E-state index in [-0.39, 0.29) is 37.4 Å². The average molecular weight is 645 g/mol. The van der Waals surface area contributed by atoms with Gasteiger partial charge in [-0.1, -0.05) is 84.9 Å². The van der Waals surface area contributed by atoms with Crippen molar-refractivity contribution in [3.05, 3.63) is 96.1 Å². The zero-order chi connectivity index (χ0) is 34.1. The lowest BCUT2D eigenvalue weighted by Crippen LogP contribution is -2.40. The van der Waals surface area contributed by atoms with Crippen LogP contribution in [0.2, 0.25) is 0 Å². The lowest BCUT2D eigenvalue weighted by Gasteiger charge is -2.18. The number of rotatable bonds is 13. The van der Waals surface area contributed by atoms with Gasteiger partial charge in [-0.2, -0.15) is 13.2 Å². The molecule has 0 aliphatic carbocycles. The molecule has 3 rings (SSSR count). The molecule has 0 spiro atoms. The van der Waals surface area contributed by atoms with Crippen LogP contribution in [0.1, 0.15) is 49.4 Å². The van der Waals surface area contributed by atoms with Crippen LogP contribution in [0.4, 0.5) is 18.0 Å². The van der Waals surface area contributed by atoms with Crippen molar-refractivity contribution >= 4 is 29.8 Å². The molecule has 2 atom stereocenters. The maximum atomic E-state index is 12.5. The highest BCUT2D eigenvalue weighted by molar-refractivity contribution is 5.85. The second kappa shape index (κ2) is 18.4. The minimum atomic E-state index is -5.08. The summed E-state index contributed by atoms with van der Waals surface area (Å²) in [6.07, 6.45) is -4.85. The normalized spacial score (nSPS) is 11.9. The lowest BCUT2D eigenvalue weighted by molar-refractivity contribution is -0.192. The van der Waals surface area contributed by atoms with Crippen LogP contribution in [0.3, 0.4) is 0 Å². The monoisotopic (exact) mass is 644 g/mol. The Labute approximate surface area is 263 Å². The molecule has 246 valence electrons. The quantitative estimate of drug-likeness (QED) is 0.148. The van der Waals surface area contributed by atoms with Crippen LogP contribution >= 0.6 is 0 Å². The zero-order valence-electron chi connectivity index (χ0n) is 24.8. The summed E-state index contributed by atoms with van der Waals surface area (Å²) in [7, 11) is 0. The van der Waals surface area contributed by atoms with Gasteiger partial charge in [0, 0.05) is 13.0 Å².